The number of rotatable bonds is 6. The zero-order valence-corrected chi connectivity index (χ0v) is 14.8. The number of benzene rings is 1. The van der Waals surface area contributed by atoms with E-state index in [4.69, 9.17) is 10.5 Å². The normalized spacial score (nSPS) is 11.1. The smallest absolute Gasteiger partial charge is 0.275 e. The Hall–Kier alpha value is -2.41. The minimum absolute atomic E-state index is 0.0763. The van der Waals surface area contributed by atoms with Crippen molar-refractivity contribution >= 4 is 28.8 Å². The van der Waals surface area contributed by atoms with Crippen LogP contribution in [-0.4, -0.2) is 23.4 Å². The maximum absolute atomic E-state index is 12.2. The molecule has 0 aliphatic carbocycles. The molecule has 0 saturated heterocycles. The summed E-state index contributed by atoms with van der Waals surface area (Å²) < 4.78 is 5.38. The number of hydrogen-bond acceptors (Lipinski definition) is 5. The number of nitrogens with one attached hydrogen (secondary N) is 1. The van der Waals surface area contributed by atoms with Gasteiger partial charge in [-0.2, -0.15) is 0 Å². The number of primary amides is 1. The summed E-state index contributed by atoms with van der Waals surface area (Å²) in [6.07, 6.45) is 0.165. The number of ether oxygens (including phenoxy) is 1. The van der Waals surface area contributed by atoms with Gasteiger partial charge < -0.3 is 15.8 Å². The third kappa shape index (κ3) is 5.06. The molecule has 2 amide bonds. The lowest BCUT2D eigenvalue weighted by Crippen LogP contribution is -2.15. The quantitative estimate of drug-likeness (QED) is 0.840. The predicted octanol–water partition coefficient (Wildman–Crippen LogP) is 2.95. The van der Waals surface area contributed by atoms with Gasteiger partial charge in [-0.25, -0.2) is 4.98 Å². The molecule has 0 fully saturated rings. The van der Waals surface area contributed by atoms with Gasteiger partial charge >= 0.3 is 0 Å². The molecule has 0 unspecified atom stereocenters. The summed E-state index contributed by atoms with van der Waals surface area (Å²) in [6.45, 7) is 6.41. The van der Waals surface area contributed by atoms with E-state index in [1.54, 1.807) is 29.6 Å². The van der Waals surface area contributed by atoms with Gasteiger partial charge in [0.15, 0.2) is 0 Å². The Balaban J connectivity index is 1.94. The molecule has 0 radical (unpaired) electrons. The number of nitrogens with two attached hydrogens (primary N) is 1. The van der Waals surface area contributed by atoms with Crippen molar-refractivity contribution in [3.63, 3.8) is 0 Å². The fourth-order valence-corrected chi connectivity index (χ4v) is 2.71. The number of nitrogens with zero attached hydrogens (tertiary/aromatic N) is 1. The Morgan fingerprint density at radius 3 is 2.46 bits per heavy atom. The Labute approximate surface area is 145 Å². The summed E-state index contributed by atoms with van der Waals surface area (Å²) in [6, 6.07) is 6.90. The SMILES string of the molecule is CC(C)(C)c1nc(C(=O)Nc2ccc(OCCC(N)=O)cc2)cs1. The molecule has 7 heteroatoms. The Morgan fingerprint density at radius 1 is 1.25 bits per heavy atom. The van der Waals surface area contributed by atoms with Crippen LogP contribution in [-0.2, 0) is 10.2 Å². The Kier molecular flexibility index (Phi) is 5.56. The number of amides is 2. The van der Waals surface area contributed by atoms with E-state index in [9.17, 15) is 9.59 Å². The highest BCUT2D eigenvalue weighted by atomic mass is 32.1. The van der Waals surface area contributed by atoms with Gasteiger partial charge in [0.05, 0.1) is 18.0 Å². The molecule has 0 atom stereocenters. The highest BCUT2D eigenvalue weighted by molar-refractivity contribution is 7.10. The molecule has 6 nitrogen and oxygen atoms in total. The van der Waals surface area contributed by atoms with Gasteiger partial charge in [-0.15, -0.1) is 11.3 Å². The summed E-state index contributed by atoms with van der Waals surface area (Å²) in [5.74, 6) is -0.0427. The molecule has 24 heavy (non-hydrogen) atoms. The van der Waals surface area contributed by atoms with E-state index in [-0.39, 0.29) is 24.3 Å². The van der Waals surface area contributed by atoms with Crippen molar-refractivity contribution in [1.29, 1.82) is 0 Å². The second-order valence-electron chi connectivity index (χ2n) is 6.33. The van der Waals surface area contributed by atoms with Crippen LogP contribution >= 0.6 is 11.3 Å². The standard InChI is InChI=1S/C17H21N3O3S/c1-17(2,3)16-20-13(10-24-16)15(22)19-11-4-6-12(7-5-11)23-9-8-14(18)21/h4-7,10H,8-9H2,1-3H3,(H2,18,21)(H,19,22). The Bertz CT molecular complexity index is 717. The van der Waals surface area contributed by atoms with E-state index in [1.807, 2.05) is 0 Å². The van der Waals surface area contributed by atoms with Gasteiger partial charge in [-0.3, -0.25) is 9.59 Å². The number of carbonyl (C=O) groups excluding carboxylic acids is 2. The molecule has 0 spiro atoms. The molecule has 2 rings (SSSR count). The minimum Gasteiger partial charge on any atom is -0.493 e. The fourth-order valence-electron chi connectivity index (χ4n) is 1.82. The van der Waals surface area contributed by atoms with Crippen LogP contribution in [0.1, 0.15) is 42.7 Å². The molecule has 128 valence electrons. The number of carbonyl (C=O) groups is 2. The third-order valence-corrected chi connectivity index (χ3v) is 4.38. The number of anilines is 1. The van der Waals surface area contributed by atoms with Crippen molar-refractivity contribution < 1.29 is 14.3 Å². The summed E-state index contributed by atoms with van der Waals surface area (Å²) in [4.78, 5) is 27.3. The van der Waals surface area contributed by atoms with E-state index in [1.165, 1.54) is 11.3 Å². The number of hydrogen-bond donors (Lipinski definition) is 2. The first-order valence-corrected chi connectivity index (χ1v) is 8.42. The topological polar surface area (TPSA) is 94.3 Å². The number of aromatic nitrogens is 1. The van der Waals surface area contributed by atoms with Crippen LogP contribution in [0.4, 0.5) is 5.69 Å². The molecule has 2 aromatic rings. The fraction of sp³-hybridized carbons (Fsp3) is 0.353. The van der Waals surface area contributed by atoms with E-state index in [2.05, 4.69) is 31.1 Å². The van der Waals surface area contributed by atoms with Crippen LogP contribution in [0.15, 0.2) is 29.6 Å². The van der Waals surface area contributed by atoms with Crippen LogP contribution in [0, 0.1) is 0 Å². The lowest BCUT2D eigenvalue weighted by atomic mass is 9.98. The van der Waals surface area contributed by atoms with Crippen molar-refractivity contribution in [2.45, 2.75) is 32.6 Å². The first kappa shape index (κ1) is 17.9. The predicted molar refractivity (Wildman–Crippen MR) is 94.5 cm³/mol. The second kappa shape index (κ2) is 7.44. The Morgan fingerprint density at radius 2 is 1.92 bits per heavy atom. The second-order valence-corrected chi connectivity index (χ2v) is 7.19. The van der Waals surface area contributed by atoms with Gasteiger partial charge in [-0.05, 0) is 24.3 Å². The zero-order chi connectivity index (χ0) is 17.7. The van der Waals surface area contributed by atoms with E-state index in [0.29, 0.717) is 17.1 Å². The molecular weight excluding hydrogens is 326 g/mol. The van der Waals surface area contributed by atoms with Crippen molar-refractivity contribution in [3.05, 3.63) is 40.3 Å². The maximum Gasteiger partial charge on any atom is 0.275 e. The lowest BCUT2D eigenvalue weighted by Gasteiger charge is -2.13. The first-order valence-electron chi connectivity index (χ1n) is 7.54. The molecule has 3 N–H and O–H groups in total. The van der Waals surface area contributed by atoms with Crippen molar-refractivity contribution in [1.82, 2.24) is 4.98 Å². The van der Waals surface area contributed by atoms with Crippen LogP contribution in [0.3, 0.4) is 0 Å². The molecule has 0 aliphatic rings. The van der Waals surface area contributed by atoms with Gasteiger partial charge in [0, 0.05) is 16.5 Å². The largest absolute Gasteiger partial charge is 0.493 e. The molecule has 1 aromatic heterocycles. The minimum atomic E-state index is -0.406. The summed E-state index contributed by atoms with van der Waals surface area (Å²) in [5, 5.41) is 5.48. The van der Waals surface area contributed by atoms with E-state index < -0.39 is 5.91 Å². The first-order chi connectivity index (χ1) is 11.3. The molecule has 0 aliphatic heterocycles. The average molecular weight is 347 g/mol. The molecular formula is C17H21N3O3S. The van der Waals surface area contributed by atoms with Gasteiger partial charge in [0.25, 0.3) is 5.91 Å². The van der Waals surface area contributed by atoms with Gasteiger partial charge in [0.1, 0.15) is 11.4 Å². The van der Waals surface area contributed by atoms with Crippen molar-refractivity contribution in [2.24, 2.45) is 5.73 Å². The van der Waals surface area contributed by atoms with Crippen LogP contribution < -0.4 is 15.8 Å². The van der Waals surface area contributed by atoms with E-state index >= 15 is 0 Å². The van der Waals surface area contributed by atoms with Crippen molar-refractivity contribution in [3.8, 4) is 5.75 Å². The van der Waals surface area contributed by atoms with Crippen LogP contribution in [0.5, 0.6) is 5.75 Å². The zero-order valence-electron chi connectivity index (χ0n) is 14.0. The molecule has 0 bridgehead atoms. The third-order valence-electron chi connectivity index (χ3n) is 3.11. The van der Waals surface area contributed by atoms with Crippen LogP contribution in [0.25, 0.3) is 0 Å². The molecule has 1 heterocycles. The van der Waals surface area contributed by atoms with E-state index in [0.717, 1.165) is 5.01 Å². The summed E-state index contributed by atoms with van der Waals surface area (Å²) in [7, 11) is 0. The van der Waals surface area contributed by atoms with Gasteiger partial charge in [-0.1, -0.05) is 20.8 Å². The summed E-state index contributed by atoms with van der Waals surface area (Å²) >= 11 is 1.48. The highest BCUT2D eigenvalue weighted by Gasteiger charge is 2.20. The molecule has 0 saturated carbocycles. The van der Waals surface area contributed by atoms with Crippen LogP contribution in [0.2, 0.25) is 0 Å². The summed E-state index contributed by atoms with van der Waals surface area (Å²) in [5.41, 5.74) is 6.03. The van der Waals surface area contributed by atoms with Crippen molar-refractivity contribution in [2.75, 3.05) is 11.9 Å². The monoisotopic (exact) mass is 347 g/mol. The maximum atomic E-state index is 12.2. The number of thiazole rings is 1. The highest BCUT2D eigenvalue weighted by Crippen LogP contribution is 2.26. The van der Waals surface area contributed by atoms with Gasteiger partial charge in [0.2, 0.25) is 5.91 Å². The molecule has 1 aromatic carbocycles. The lowest BCUT2D eigenvalue weighted by molar-refractivity contribution is -0.118. The average Bonchev–Trinajstić information content (AvgIpc) is 2.99.